The van der Waals surface area contributed by atoms with E-state index in [2.05, 4.69) is 29.6 Å². The molecule has 212 valence electrons. The first kappa shape index (κ1) is 27.7. The molecule has 2 saturated heterocycles. The maximum absolute atomic E-state index is 13.0. The van der Waals surface area contributed by atoms with E-state index in [1.165, 1.54) is 22.3 Å². The Balaban J connectivity index is 1.20. The van der Waals surface area contributed by atoms with Crippen molar-refractivity contribution in [2.45, 2.75) is 51.1 Å². The van der Waals surface area contributed by atoms with Gasteiger partial charge >= 0.3 is 13.2 Å². The Bertz CT molecular complexity index is 1400. The summed E-state index contributed by atoms with van der Waals surface area (Å²) in [6.07, 6.45) is 1.06. The van der Waals surface area contributed by atoms with Gasteiger partial charge < -0.3 is 28.8 Å². The highest BCUT2D eigenvalue weighted by Crippen LogP contribution is 2.44. The molecular weight excluding hydrogens is 517 g/mol. The number of amides is 1. The number of nitrogens with one attached hydrogen (secondary N) is 1. The van der Waals surface area contributed by atoms with E-state index in [1.807, 2.05) is 82.3 Å². The van der Waals surface area contributed by atoms with Gasteiger partial charge in [0.2, 0.25) is 0 Å². The van der Waals surface area contributed by atoms with Gasteiger partial charge in [0.25, 0.3) is 0 Å². The van der Waals surface area contributed by atoms with Crippen LogP contribution >= 0.6 is 0 Å². The number of ether oxygens (including phenoxy) is 3. The van der Waals surface area contributed by atoms with Gasteiger partial charge in [-0.25, -0.2) is 4.79 Å². The van der Waals surface area contributed by atoms with Crippen LogP contribution in [0.4, 0.5) is 4.79 Å². The molecule has 3 aliphatic rings. The van der Waals surface area contributed by atoms with Crippen molar-refractivity contribution in [3.63, 3.8) is 0 Å². The van der Waals surface area contributed by atoms with Gasteiger partial charge in [-0.3, -0.25) is 0 Å². The summed E-state index contributed by atoms with van der Waals surface area (Å²) in [5.41, 5.74) is 6.27. The van der Waals surface area contributed by atoms with Crippen LogP contribution in [0.25, 0.3) is 17.2 Å². The first-order valence-corrected chi connectivity index (χ1v) is 14.2. The summed E-state index contributed by atoms with van der Waals surface area (Å²) >= 11 is 0. The second-order valence-electron chi connectivity index (χ2n) is 11.7. The Labute approximate surface area is 241 Å². The van der Waals surface area contributed by atoms with E-state index in [0.717, 1.165) is 16.6 Å². The molecule has 0 bridgehead atoms. The van der Waals surface area contributed by atoms with Crippen molar-refractivity contribution in [2.75, 3.05) is 26.4 Å². The second-order valence-corrected chi connectivity index (χ2v) is 11.7. The van der Waals surface area contributed by atoms with Crippen LogP contribution in [0, 0.1) is 0 Å². The summed E-state index contributed by atoms with van der Waals surface area (Å²) in [4.78, 5) is 13.0. The first-order valence-electron chi connectivity index (χ1n) is 14.2. The van der Waals surface area contributed by atoms with Crippen molar-refractivity contribution in [3.05, 3.63) is 101 Å². The van der Waals surface area contributed by atoms with Gasteiger partial charge in [0, 0.05) is 18.0 Å². The van der Waals surface area contributed by atoms with E-state index in [-0.39, 0.29) is 19.1 Å². The molecule has 0 radical (unpaired) electrons. The summed E-state index contributed by atoms with van der Waals surface area (Å²) in [6.45, 7) is 9.58. The number of hydrogen-bond donors (Lipinski definition) is 1. The predicted octanol–water partition coefficient (Wildman–Crippen LogP) is 6.29. The largest absolute Gasteiger partial charge is 0.492 e. The lowest BCUT2D eigenvalue weighted by Crippen LogP contribution is -2.41. The van der Waals surface area contributed by atoms with Gasteiger partial charge in [-0.15, -0.1) is 0 Å². The second kappa shape index (κ2) is 11.1. The number of benzene rings is 3. The van der Waals surface area contributed by atoms with Crippen molar-refractivity contribution in [2.24, 2.45) is 0 Å². The van der Waals surface area contributed by atoms with Crippen LogP contribution in [0.2, 0.25) is 0 Å². The monoisotopic (exact) mass is 553 g/mol. The zero-order valence-electron chi connectivity index (χ0n) is 24.0. The fourth-order valence-corrected chi connectivity index (χ4v) is 5.62. The Kier molecular flexibility index (Phi) is 7.51. The maximum atomic E-state index is 13.0. The molecule has 2 fully saturated rings. The summed E-state index contributed by atoms with van der Waals surface area (Å²) in [6, 6.07) is 24.5. The molecule has 1 amide bonds. The van der Waals surface area contributed by atoms with Gasteiger partial charge in [-0.1, -0.05) is 78.9 Å². The summed E-state index contributed by atoms with van der Waals surface area (Å²) < 4.78 is 30.1. The molecule has 2 heterocycles. The topological polar surface area (TPSA) is 75.2 Å². The minimum absolute atomic E-state index is 0.00968. The predicted molar refractivity (Wildman–Crippen MR) is 158 cm³/mol. The third-order valence-electron chi connectivity index (χ3n) is 8.55. The van der Waals surface area contributed by atoms with Gasteiger partial charge in [0.1, 0.15) is 6.61 Å². The van der Waals surface area contributed by atoms with Crippen molar-refractivity contribution >= 4 is 19.3 Å². The standard InChI is InChI=1S/C33H36BNO6/c1-32(2)33(3,4)41-34(40-32)23(19-22-11-5-6-12-24(22)30-37-17-18-38-30)20-35-31(36)39-21-29-27-15-9-7-13-25(27)26-14-8-10-16-28(26)29/h5-16,19,29-30H,17-18,20-21H2,1-4H3,(H,35,36). The molecule has 0 atom stereocenters. The first-order chi connectivity index (χ1) is 19.7. The molecule has 0 saturated carbocycles. The minimum Gasteiger partial charge on any atom is -0.449 e. The fraction of sp³-hybridized carbons (Fsp3) is 0.364. The highest BCUT2D eigenvalue weighted by atomic mass is 16.7. The molecule has 0 spiro atoms. The van der Waals surface area contributed by atoms with E-state index in [1.54, 1.807) is 0 Å². The Morgan fingerprint density at radius 2 is 1.39 bits per heavy atom. The molecule has 41 heavy (non-hydrogen) atoms. The lowest BCUT2D eigenvalue weighted by molar-refractivity contribution is -0.0442. The van der Waals surface area contributed by atoms with E-state index in [0.29, 0.717) is 13.2 Å². The molecule has 3 aromatic carbocycles. The molecule has 1 N–H and O–H groups in total. The fourth-order valence-electron chi connectivity index (χ4n) is 5.62. The van der Waals surface area contributed by atoms with Crippen LogP contribution < -0.4 is 5.32 Å². The lowest BCUT2D eigenvalue weighted by Gasteiger charge is -2.32. The third kappa shape index (κ3) is 5.45. The zero-order chi connectivity index (χ0) is 28.6. The van der Waals surface area contributed by atoms with E-state index in [4.69, 9.17) is 23.5 Å². The number of fused-ring (bicyclic) bond motifs is 3. The molecule has 1 aliphatic carbocycles. The molecule has 3 aromatic rings. The number of carbonyl (C=O) groups excluding carboxylic acids is 1. The smallest absolute Gasteiger partial charge is 0.449 e. The number of hydrogen-bond acceptors (Lipinski definition) is 6. The zero-order valence-corrected chi connectivity index (χ0v) is 24.0. The SMILES string of the molecule is CC1(C)OB(C(=Cc2ccccc2C2OCCO2)CNC(=O)OCC2c3ccccc3-c3ccccc32)OC1(C)C. The molecular formula is C33H36BNO6. The normalized spacial score (nSPS) is 19.7. The average molecular weight is 553 g/mol. The van der Waals surface area contributed by atoms with Crippen LogP contribution in [-0.2, 0) is 23.5 Å². The maximum Gasteiger partial charge on any atom is 0.492 e. The third-order valence-corrected chi connectivity index (χ3v) is 8.55. The molecule has 0 unspecified atom stereocenters. The number of alkyl carbamates (subject to hydrolysis) is 1. The Hall–Kier alpha value is -3.43. The van der Waals surface area contributed by atoms with Gasteiger partial charge in [-0.2, -0.15) is 0 Å². The number of carbonyl (C=O) groups is 1. The van der Waals surface area contributed by atoms with Gasteiger partial charge in [0.15, 0.2) is 6.29 Å². The molecule has 2 aliphatic heterocycles. The summed E-state index contributed by atoms with van der Waals surface area (Å²) in [7, 11) is -0.646. The minimum atomic E-state index is -0.646. The Morgan fingerprint density at radius 3 is 2.00 bits per heavy atom. The van der Waals surface area contributed by atoms with E-state index < -0.39 is 30.7 Å². The average Bonchev–Trinajstić information content (AvgIpc) is 3.65. The van der Waals surface area contributed by atoms with E-state index >= 15 is 0 Å². The van der Waals surface area contributed by atoms with Crippen LogP contribution in [0.5, 0.6) is 0 Å². The number of rotatable bonds is 7. The van der Waals surface area contributed by atoms with Crippen LogP contribution in [-0.4, -0.2) is 50.8 Å². The van der Waals surface area contributed by atoms with Crippen LogP contribution in [0.1, 0.15) is 62.2 Å². The summed E-state index contributed by atoms with van der Waals surface area (Å²) in [5.74, 6) is -0.00968. The molecule has 6 rings (SSSR count). The van der Waals surface area contributed by atoms with Gasteiger partial charge in [0.05, 0.1) is 24.4 Å². The van der Waals surface area contributed by atoms with Crippen molar-refractivity contribution < 1.29 is 28.3 Å². The van der Waals surface area contributed by atoms with Crippen molar-refractivity contribution in [3.8, 4) is 11.1 Å². The summed E-state index contributed by atoms with van der Waals surface area (Å²) in [5, 5.41) is 2.94. The van der Waals surface area contributed by atoms with Crippen LogP contribution in [0.3, 0.4) is 0 Å². The molecule has 0 aromatic heterocycles. The quantitative estimate of drug-likeness (QED) is 0.347. The lowest BCUT2D eigenvalue weighted by atomic mass is 9.76. The highest BCUT2D eigenvalue weighted by Gasteiger charge is 2.52. The molecule has 7 nitrogen and oxygen atoms in total. The Morgan fingerprint density at radius 1 is 0.854 bits per heavy atom. The van der Waals surface area contributed by atoms with Crippen molar-refractivity contribution in [1.29, 1.82) is 0 Å². The van der Waals surface area contributed by atoms with Crippen molar-refractivity contribution in [1.82, 2.24) is 5.32 Å². The molecule has 8 heteroatoms. The van der Waals surface area contributed by atoms with Crippen LogP contribution in [0.15, 0.2) is 78.3 Å². The van der Waals surface area contributed by atoms with E-state index in [9.17, 15) is 4.79 Å². The van der Waals surface area contributed by atoms with Gasteiger partial charge in [-0.05, 0) is 61.0 Å². The highest BCUT2D eigenvalue weighted by molar-refractivity contribution is 6.56.